The lowest BCUT2D eigenvalue weighted by molar-refractivity contribution is -0.140. The van der Waals surface area contributed by atoms with E-state index in [1.165, 1.54) is 7.11 Å². The van der Waals surface area contributed by atoms with E-state index < -0.39 is 10.0 Å². The summed E-state index contributed by atoms with van der Waals surface area (Å²) in [6.45, 7) is 0. The van der Waals surface area contributed by atoms with E-state index in [2.05, 4.69) is 15.5 Å². The summed E-state index contributed by atoms with van der Waals surface area (Å²) in [5.41, 5.74) is 1.10. The van der Waals surface area contributed by atoms with Gasteiger partial charge in [-0.2, -0.15) is 0 Å². The number of nitrogens with one attached hydrogen (secondary N) is 1. The minimum atomic E-state index is -3.49. The van der Waals surface area contributed by atoms with Gasteiger partial charge in [0.15, 0.2) is 0 Å². The third-order valence-electron chi connectivity index (χ3n) is 4.16. The van der Waals surface area contributed by atoms with Crippen molar-refractivity contribution in [1.82, 2.24) is 4.72 Å². The summed E-state index contributed by atoms with van der Waals surface area (Å²) in [4.78, 5) is 11.3. The quantitative estimate of drug-likeness (QED) is 0.415. The predicted octanol–water partition coefficient (Wildman–Crippen LogP) is 3.34. The second-order valence-corrected chi connectivity index (χ2v) is 7.70. The van der Waals surface area contributed by atoms with Crippen LogP contribution in [0.4, 0.5) is 0 Å². The summed E-state index contributed by atoms with van der Waals surface area (Å²) in [6, 6.07) is 8.29. The highest BCUT2D eigenvalue weighted by molar-refractivity contribution is 7.89. The zero-order valence-corrected chi connectivity index (χ0v) is 15.3. The van der Waals surface area contributed by atoms with Crippen molar-refractivity contribution in [1.29, 1.82) is 0 Å². The number of methoxy groups -OCH3 is 1. The van der Waals surface area contributed by atoms with Crippen LogP contribution in [0.3, 0.4) is 0 Å². The maximum atomic E-state index is 12.4. The normalized spacial score (nSPS) is 17.6. The molecule has 25 heavy (non-hydrogen) atoms. The van der Waals surface area contributed by atoms with Crippen LogP contribution in [-0.4, -0.2) is 27.5 Å². The van der Waals surface area contributed by atoms with E-state index in [-0.39, 0.29) is 12.0 Å². The van der Waals surface area contributed by atoms with Crippen LogP contribution in [0.5, 0.6) is 0 Å². The Labute approximate surface area is 149 Å². The second kappa shape index (κ2) is 9.53. The van der Waals surface area contributed by atoms with Gasteiger partial charge >= 0.3 is 5.97 Å². The fourth-order valence-electron chi connectivity index (χ4n) is 2.78. The molecule has 0 radical (unpaired) electrons. The number of hydrogen-bond donors (Lipinski definition) is 1. The monoisotopic (exact) mass is 363 g/mol. The zero-order chi connectivity index (χ0) is 18.1. The van der Waals surface area contributed by atoms with Crippen molar-refractivity contribution in [2.75, 3.05) is 7.11 Å². The molecule has 0 unspecified atom stereocenters. The molecular formula is C19H25NO4S. The number of carbonyl (C=O) groups is 1. The van der Waals surface area contributed by atoms with Gasteiger partial charge in [0, 0.05) is 12.5 Å². The third kappa shape index (κ3) is 6.14. The van der Waals surface area contributed by atoms with E-state index >= 15 is 0 Å². The molecule has 0 amide bonds. The third-order valence-corrected chi connectivity index (χ3v) is 5.65. The fraction of sp³-hybridized carbons (Fsp3) is 0.421. The summed E-state index contributed by atoms with van der Waals surface area (Å²) in [6.07, 6.45) is 10.6. The van der Waals surface area contributed by atoms with Crippen molar-refractivity contribution in [2.45, 2.75) is 49.5 Å². The average molecular weight is 363 g/mol. The molecule has 0 saturated carbocycles. The number of benzene rings is 1. The minimum Gasteiger partial charge on any atom is -0.469 e. The van der Waals surface area contributed by atoms with Crippen molar-refractivity contribution in [3.8, 4) is 0 Å². The molecule has 1 aliphatic carbocycles. The van der Waals surface area contributed by atoms with E-state index in [1.807, 2.05) is 12.2 Å². The smallest absolute Gasteiger partial charge is 0.305 e. The zero-order valence-electron chi connectivity index (χ0n) is 14.5. The van der Waals surface area contributed by atoms with Crippen molar-refractivity contribution in [2.24, 2.45) is 0 Å². The Balaban J connectivity index is 1.83. The standard InChI is InChI=1S/C19H25NO4S/c1-24-19(21)15-8-3-2-5-10-16-11-9-14-18(16)20-25(22,23)17-12-6-4-7-13-17/h2,4-7,11-13,18,20H,3,8-10,14-15H2,1H3/b5-2-/t18-/m0/s1. The van der Waals surface area contributed by atoms with Crippen LogP contribution in [0.2, 0.25) is 0 Å². The highest BCUT2D eigenvalue weighted by Gasteiger charge is 2.24. The van der Waals surface area contributed by atoms with Gasteiger partial charge in [-0.15, -0.1) is 0 Å². The average Bonchev–Trinajstić information content (AvgIpc) is 3.04. The van der Waals surface area contributed by atoms with Gasteiger partial charge in [-0.3, -0.25) is 4.79 Å². The van der Waals surface area contributed by atoms with Crippen molar-refractivity contribution < 1.29 is 17.9 Å². The van der Waals surface area contributed by atoms with Crippen LogP contribution >= 0.6 is 0 Å². The van der Waals surface area contributed by atoms with Crippen LogP contribution in [0.25, 0.3) is 0 Å². The van der Waals surface area contributed by atoms with E-state index in [1.54, 1.807) is 30.3 Å². The Morgan fingerprint density at radius 3 is 2.76 bits per heavy atom. The molecule has 1 aromatic carbocycles. The molecular weight excluding hydrogens is 338 g/mol. The Morgan fingerprint density at radius 2 is 2.04 bits per heavy atom. The summed E-state index contributed by atoms with van der Waals surface area (Å²) in [5, 5.41) is 0. The Kier molecular flexibility index (Phi) is 7.40. The maximum absolute atomic E-state index is 12.4. The highest BCUT2D eigenvalue weighted by Crippen LogP contribution is 2.24. The maximum Gasteiger partial charge on any atom is 0.305 e. The lowest BCUT2D eigenvalue weighted by Crippen LogP contribution is -2.34. The van der Waals surface area contributed by atoms with Gasteiger partial charge in [-0.1, -0.05) is 42.0 Å². The van der Waals surface area contributed by atoms with Crippen LogP contribution in [0.15, 0.2) is 59.0 Å². The Hall–Kier alpha value is -1.92. The molecule has 0 spiro atoms. The first-order valence-electron chi connectivity index (χ1n) is 8.51. The molecule has 0 bridgehead atoms. The molecule has 0 heterocycles. The first kappa shape index (κ1) is 19.4. The number of sulfonamides is 1. The van der Waals surface area contributed by atoms with E-state index in [0.29, 0.717) is 11.3 Å². The summed E-state index contributed by atoms with van der Waals surface area (Å²) >= 11 is 0. The number of esters is 1. The van der Waals surface area contributed by atoms with Gasteiger partial charge in [-0.25, -0.2) is 13.1 Å². The number of unbranched alkanes of at least 4 members (excludes halogenated alkanes) is 1. The highest BCUT2D eigenvalue weighted by atomic mass is 32.2. The van der Waals surface area contributed by atoms with Crippen LogP contribution in [0, 0.1) is 0 Å². The minimum absolute atomic E-state index is 0.148. The van der Waals surface area contributed by atoms with Gasteiger partial charge in [0.05, 0.1) is 12.0 Å². The topological polar surface area (TPSA) is 72.5 Å². The van der Waals surface area contributed by atoms with Crippen molar-refractivity contribution >= 4 is 16.0 Å². The van der Waals surface area contributed by atoms with Gasteiger partial charge in [0.1, 0.15) is 0 Å². The molecule has 1 N–H and O–H groups in total. The van der Waals surface area contributed by atoms with Gasteiger partial charge < -0.3 is 4.74 Å². The molecule has 2 rings (SSSR count). The van der Waals surface area contributed by atoms with Gasteiger partial charge in [0.25, 0.3) is 0 Å². The predicted molar refractivity (Wildman–Crippen MR) is 97.5 cm³/mol. The van der Waals surface area contributed by atoms with Crippen LogP contribution in [0.1, 0.15) is 38.5 Å². The molecule has 0 saturated heterocycles. The first-order chi connectivity index (χ1) is 12.0. The SMILES string of the molecule is COC(=O)CCC/C=C\CC1=CCC[C@@H]1NS(=O)(=O)c1ccccc1. The number of allylic oxidation sites excluding steroid dienone is 3. The van der Waals surface area contributed by atoms with Crippen LogP contribution in [-0.2, 0) is 19.6 Å². The lowest BCUT2D eigenvalue weighted by Gasteiger charge is -2.16. The summed E-state index contributed by atoms with van der Waals surface area (Å²) in [5.74, 6) is -0.192. The number of ether oxygens (including phenoxy) is 1. The summed E-state index contributed by atoms with van der Waals surface area (Å²) in [7, 11) is -2.10. The molecule has 1 aliphatic rings. The van der Waals surface area contributed by atoms with Crippen molar-refractivity contribution in [3.63, 3.8) is 0 Å². The molecule has 0 aliphatic heterocycles. The molecule has 1 aromatic rings. The fourth-order valence-corrected chi connectivity index (χ4v) is 4.08. The van der Waals surface area contributed by atoms with Crippen LogP contribution < -0.4 is 4.72 Å². The number of hydrogen-bond acceptors (Lipinski definition) is 4. The summed E-state index contributed by atoms with van der Waals surface area (Å²) < 4.78 is 32.3. The molecule has 5 nitrogen and oxygen atoms in total. The van der Waals surface area contributed by atoms with Crippen molar-refractivity contribution in [3.05, 3.63) is 54.1 Å². The first-order valence-corrected chi connectivity index (χ1v) is 9.99. The second-order valence-electron chi connectivity index (χ2n) is 5.99. The number of rotatable bonds is 9. The van der Waals surface area contributed by atoms with E-state index in [4.69, 9.17) is 0 Å². The van der Waals surface area contributed by atoms with Gasteiger partial charge in [0.2, 0.25) is 10.0 Å². The number of carbonyl (C=O) groups excluding carboxylic acids is 1. The molecule has 0 fully saturated rings. The molecule has 0 aromatic heterocycles. The lowest BCUT2D eigenvalue weighted by atomic mass is 10.1. The molecule has 6 heteroatoms. The Morgan fingerprint density at radius 1 is 1.28 bits per heavy atom. The largest absolute Gasteiger partial charge is 0.469 e. The van der Waals surface area contributed by atoms with E-state index in [9.17, 15) is 13.2 Å². The Bertz CT molecular complexity index is 723. The molecule has 1 atom stereocenters. The van der Waals surface area contributed by atoms with Gasteiger partial charge in [-0.05, 0) is 44.2 Å². The van der Waals surface area contributed by atoms with E-state index in [0.717, 1.165) is 37.7 Å². The molecule has 136 valence electrons.